The third-order valence-corrected chi connectivity index (χ3v) is 4.16. The Labute approximate surface area is 145 Å². The molecular formula is C22H27NO. The number of para-hydroxylation sites is 1. The molecule has 24 heavy (non-hydrogen) atoms. The Hall–Kier alpha value is -2.22. The van der Waals surface area contributed by atoms with Gasteiger partial charge in [0.1, 0.15) is 0 Å². The largest absolute Gasteiger partial charge is 0.294 e. The van der Waals surface area contributed by atoms with E-state index in [9.17, 15) is 4.79 Å². The van der Waals surface area contributed by atoms with E-state index in [1.807, 2.05) is 37.3 Å². The van der Waals surface area contributed by atoms with Gasteiger partial charge in [-0.05, 0) is 29.9 Å². The standard InChI is InChI=1S/C22H27NO/c1-15(2)19-12-9-13-20(16(3)4)22(19)23-17(5)14-21(24)18-10-7-6-8-11-18/h6-13,15-16H,14H2,1-5H3/b23-17-. The van der Waals surface area contributed by atoms with Crippen LogP contribution in [0.2, 0.25) is 0 Å². The van der Waals surface area contributed by atoms with E-state index >= 15 is 0 Å². The average Bonchev–Trinajstić information content (AvgIpc) is 2.55. The van der Waals surface area contributed by atoms with Crippen molar-refractivity contribution in [3.8, 4) is 0 Å². The van der Waals surface area contributed by atoms with Gasteiger partial charge >= 0.3 is 0 Å². The van der Waals surface area contributed by atoms with Gasteiger partial charge in [-0.25, -0.2) is 0 Å². The Bertz CT molecular complexity index is 701. The first kappa shape index (κ1) is 18.1. The quantitative estimate of drug-likeness (QED) is 0.453. The fraction of sp³-hybridized carbons (Fsp3) is 0.364. The van der Waals surface area contributed by atoms with E-state index in [4.69, 9.17) is 4.99 Å². The summed E-state index contributed by atoms with van der Waals surface area (Å²) in [5, 5.41) is 0. The zero-order valence-electron chi connectivity index (χ0n) is 15.3. The van der Waals surface area contributed by atoms with Crippen molar-refractivity contribution < 1.29 is 4.79 Å². The van der Waals surface area contributed by atoms with Gasteiger partial charge in [0, 0.05) is 17.7 Å². The van der Waals surface area contributed by atoms with Gasteiger partial charge in [-0.1, -0.05) is 76.2 Å². The highest BCUT2D eigenvalue weighted by Gasteiger charge is 2.14. The van der Waals surface area contributed by atoms with Gasteiger partial charge in [-0.3, -0.25) is 9.79 Å². The zero-order chi connectivity index (χ0) is 17.7. The summed E-state index contributed by atoms with van der Waals surface area (Å²) in [5.41, 5.74) is 5.13. The molecule has 2 aromatic carbocycles. The van der Waals surface area contributed by atoms with Crippen molar-refractivity contribution in [1.29, 1.82) is 0 Å². The van der Waals surface area contributed by atoms with Crippen molar-refractivity contribution in [2.75, 3.05) is 0 Å². The van der Waals surface area contributed by atoms with Crippen LogP contribution < -0.4 is 0 Å². The van der Waals surface area contributed by atoms with Crippen LogP contribution >= 0.6 is 0 Å². The molecule has 0 amide bonds. The van der Waals surface area contributed by atoms with Crippen LogP contribution in [0.15, 0.2) is 53.5 Å². The summed E-state index contributed by atoms with van der Waals surface area (Å²) in [7, 11) is 0. The van der Waals surface area contributed by atoms with Gasteiger partial charge in [0.25, 0.3) is 0 Å². The molecule has 126 valence electrons. The maximum atomic E-state index is 12.4. The number of ketones is 1. The van der Waals surface area contributed by atoms with Crippen molar-refractivity contribution >= 4 is 17.2 Å². The Balaban J connectivity index is 2.34. The molecule has 2 rings (SSSR count). The van der Waals surface area contributed by atoms with E-state index in [1.54, 1.807) is 0 Å². The summed E-state index contributed by atoms with van der Waals surface area (Å²) in [6, 6.07) is 15.8. The lowest BCUT2D eigenvalue weighted by Crippen LogP contribution is -2.06. The third kappa shape index (κ3) is 4.41. The molecule has 0 aromatic heterocycles. The molecule has 2 nitrogen and oxygen atoms in total. The normalized spacial score (nSPS) is 12.0. The van der Waals surface area contributed by atoms with Crippen molar-refractivity contribution in [3.05, 3.63) is 65.2 Å². The monoisotopic (exact) mass is 321 g/mol. The van der Waals surface area contributed by atoms with Crippen LogP contribution in [-0.2, 0) is 0 Å². The maximum absolute atomic E-state index is 12.4. The number of rotatable bonds is 6. The van der Waals surface area contributed by atoms with E-state index < -0.39 is 0 Å². The average molecular weight is 321 g/mol. The van der Waals surface area contributed by atoms with Gasteiger partial charge in [-0.2, -0.15) is 0 Å². The van der Waals surface area contributed by atoms with Crippen LogP contribution in [0.1, 0.15) is 74.4 Å². The van der Waals surface area contributed by atoms with E-state index in [0.29, 0.717) is 18.3 Å². The number of carbonyl (C=O) groups excluding carboxylic acids is 1. The van der Waals surface area contributed by atoms with Crippen LogP contribution in [-0.4, -0.2) is 11.5 Å². The first-order valence-electron chi connectivity index (χ1n) is 8.65. The first-order chi connectivity index (χ1) is 11.4. The zero-order valence-corrected chi connectivity index (χ0v) is 15.3. The molecular weight excluding hydrogens is 294 g/mol. The van der Waals surface area contributed by atoms with Crippen LogP contribution in [0.25, 0.3) is 0 Å². The second kappa shape index (κ2) is 8.05. The molecule has 0 spiro atoms. The Morgan fingerprint density at radius 1 is 0.875 bits per heavy atom. The van der Waals surface area contributed by atoms with Crippen molar-refractivity contribution in [3.63, 3.8) is 0 Å². The summed E-state index contributed by atoms with van der Waals surface area (Å²) in [5.74, 6) is 0.921. The minimum absolute atomic E-state index is 0.116. The summed E-state index contributed by atoms with van der Waals surface area (Å²) < 4.78 is 0. The van der Waals surface area contributed by atoms with E-state index in [-0.39, 0.29) is 5.78 Å². The number of benzene rings is 2. The maximum Gasteiger partial charge on any atom is 0.168 e. The number of hydrogen-bond donors (Lipinski definition) is 0. The van der Waals surface area contributed by atoms with E-state index in [2.05, 4.69) is 45.9 Å². The van der Waals surface area contributed by atoms with Crippen LogP contribution in [0.4, 0.5) is 5.69 Å². The number of carbonyl (C=O) groups is 1. The fourth-order valence-electron chi connectivity index (χ4n) is 2.83. The summed E-state index contributed by atoms with van der Waals surface area (Å²) in [6.45, 7) is 10.7. The second-order valence-corrected chi connectivity index (χ2v) is 6.91. The molecule has 0 radical (unpaired) electrons. The van der Waals surface area contributed by atoms with Crippen LogP contribution in [0.3, 0.4) is 0 Å². The van der Waals surface area contributed by atoms with Crippen LogP contribution in [0, 0.1) is 0 Å². The van der Waals surface area contributed by atoms with Gasteiger partial charge in [-0.15, -0.1) is 0 Å². The lowest BCUT2D eigenvalue weighted by atomic mass is 9.93. The summed E-state index contributed by atoms with van der Waals surface area (Å²) in [4.78, 5) is 17.3. The predicted octanol–water partition coefficient (Wildman–Crippen LogP) is 6.30. The number of hydrogen-bond acceptors (Lipinski definition) is 2. The Morgan fingerprint density at radius 2 is 1.42 bits per heavy atom. The highest BCUT2D eigenvalue weighted by molar-refractivity contribution is 6.09. The highest BCUT2D eigenvalue weighted by Crippen LogP contribution is 2.35. The minimum Gasteiger partial charge on any atom is -0.294 e. The molecule has 0 aliphatic heterocycles. The SMILES string of the molecule is C/C(CC(=O)c1ccccc1)=N/c1c(C(C)C)cccc1C(C)C. The molecule has 0 atom stereocenters. The second-order valence-electron chi connectivity index (χ2n) is 6.91. The van der Waals surface area contributed by atoms with Crippen molar-refractivity contribution in [1.82, 2.24) is 0 Å². The third-order valence-electron chi connectivity index (χ3n) is 4.16. The Morgan fingerprint density at radius 3 is 1.92 bits per heavy atom. The molecule has 2 heteroatoms. The molecule has 0 fully saturated rings. The van der Waals surface area contributed by atoms with Gasteiger partial charge in [0.15, 0.2) is 5.78 Å². The fourth-order valence-corrected chi connectivity index (χ4v) is 2.83. The van der Waals surface area contributed by atoms with E-state index in [0.717, 1.165) is 17.0 Å². The van der Waals surface area contributed by atoms with Gasteiger partial charge < -0.3 is 0 Å². The van der Waals surface area contributed by atoms with E-state index in [1.165, 1.54) is 11.1 Å². The Kier molecular flexibility index (Phi) is 6.08. The molecule has 0 saturated heterocycles. The first-order valence-corrected chi connectivity index (χ1v) is 8.65. The lowest BCUT2D eigenvalue weighted by molar-refractivity contribution is 0.100. The molecule has 0 saturated carbocycles. The smallest absolute Gasteiger partial charge is 0.168 e. The molecule has 0 unspecified atom stereocenters. The van der Waals surface area contributed by atoms with Gasteiger partial charge in [0.2, 0.25) is 0 Å². The number of Topliss-reactive ketones (excluding diaryl/α,β-unsaturated/α-hetero) is 1. The molecule has 0 aliphatic rings. The lowest BCUT2D eigenvalue weighted by Gasteiger charge is -2.17. The molecule has 0 heterocycles. The predicted molar refractivity (Wildman–Crippen MR) is 103 cm³/mol. The number of aliphatic imine (C=N–C) groups is 1. The molecule has 0 aliphatic carbocycles. The van der Waals surface area contributed by atoms with Crippen molar-refractivity contribution in [2.24, 2.45) is 4.99 Å². The highest BCUT2D eigenvalue weighted by atomic mass is 16.1. The summed E-state index contributed by atoms with van der Waals surface area (Å²) in [6.07, 6.45) is 0.355. The molecule has 0 N–H and O–H groups in total. The number of nitrogens with zero attached hydrogens (tertiary/aromatic N) is 1. The summed E-state index contributed by atoms with van der Waals surface area (Å²) >= 11 is 0. The van der Waals surface area contributed by atoms with Gasteiger partial charge in [0.05, 0.1) is 5.69 Å². The topological polar surface area (TPSA) is 29.4 Å². The van der Waals surface area contributed by atoms with Crippen LogP contribution in [0.5, 0.6) is 0 Å². The minimum atomic E-state index is 0.116. The molecule has 2 aromatic rings. The van der Waals surface area contributed by atoms with Crippen molar-refractivity contribution in [2.45, 2.75) is 52.9 Å². The molecule has 0 bridgehead atoms.